The number of thiazole rings is 1. The molecule has 26 heavy (non-hydrogen) atoms. The Balaban J connectivity index is 1.55. The number of carbonyl (C=O) groups excluding carboxylic acids is 1. The Morgan fingerprint density at radius 2 is 2.27 bits per heavy atom. The van der Waals surface area contributed by atoms with Crippen molar-refractivity contribution in [3.05, 3.63) is 39.8 Å². The van der Waals surface area contributed by atoms with Crippen molar-refractivity contribution in [1.82, 2.24) is 15.6 Å². The molecule has 1 amide bonds. The van der Waals surface area contributed by atoms with Crippen molar-refractivity contribution < 1.29 is 14.3 Å². The summed E-state index contributed by atoms with van der Waals surface area (Å²) in [5, 5.41) is 9.24. The monoisotopic (exact) mass is 375 g/mol. The Morgan fingerprint density at radius 3 is 3.00 bits per heavy atom. The number of carbonyl (C=O) groups is 1. The first kappa shape index (κ1) is 18.7. The first-order valence-electron chi connectivity index (χ1n) is 8.86. The minimum absolute atomic E-state index is 0.127. The van der Waals surface area contributed by atoms with Gasteiger partial charge in [-0.2, -0.15) is 0 Å². The highest BCUT2D eigenvalue weighted by atomic mass is 32.1. The maximum Gasteiger partial charge on any atom is 0.270 e. The number of methoxy groups -OCH3 is 2. The Kier molecular flexibility index (Phi) is 6.46. The van der Waals surface area contributed by atoms with Crippen LogP contribution in [-0.4, -0.2) is 44.7 Å². The minimum Gasteiger partial charge on any atom is -0.497 e. The van der Waals surface area contributed by atoms with Gasteiger partial charge >= 0.3 is 0 Å². The number of hydrogen-bond donors (Lipinski definition) is 2. The van der Waals surface area contributed by atoms with Crippen molar-refractivity contribution in [2.24, 2.45) is 0 Å². The minimum atomic E-state index is -0.127. The first-order chi connectivity index (χ1) is 12.7. The fraction of sp³-hybridized carbons (Fsp3) is 0.474. The highest BCUT2D eigenvalue weighted by molar-refractivity contribution is 7.09. The smallest absolute Gasteiger partial charge is 0.270 e. The predicted octanol–water partition coefficient (Wildman–Crippen LogP) is 2.60. The zero-order valence-corrected chi connectivity index (χ0v) is 16.0. The molecule has 140 valence electrons. The molecule has 0 aliphatic carbocycles. The summed E-state index contributed by atoms with van der Waals surface area (Å²) < 4.78 is 10.6. The zero-order chi connectivity index (χ0) is 18.4. The average Bonchev–Trinajstić information content (AvgIpc) is 3.19. The van der Waals surface area contributed by atoms with Gasteiger partial charge in [0.1, 0.15) is 17.2 Å². The molecule has 1 aliphatic rings. The normalized spacial score (nSPS) is 16.9. The van der Waals surface area contributed by atoms with Crippen LogP contribution in [0, 0.1) is 0 Å². The molecule has 0 radical (unpaired) electrons. The number of aromatic nitrogens is 1. The molecule has 7 heteroatoms. The first-order valence-corrected chi connectivity index (χ1v) is 9.74. The molecule has 0 saturated carbocycles. The topological polar surface area (TPSA) is 72.5 Å². The van der Waals surface area contributed by atoms with Crippen LogP contribution < -0.4 is 20.1 Å². The van der Waals surface area contributed by atoms with E-state index in [4.69, 9.17) is 9.47 Å². The van der Waals surface area contributed by atoms with E-state index in [-0.39, 0.29) is 5.91 Å². The molecule has 2 N–H and O–H groups in total. The summed E-state index contributed by atoms with van der Waals surface area (Å²) in [6, 6.07) is 5.67. The molecular weight excluding hydrogens is 350 g/mol. The van der Waals surface area contributed by atoms with Crippen LogP contribution in [0.5, 0.6) is 11.5 Å². The fourth-order valence-corrected chi connectivity index (χ4v) is 4.06. The number of nitrogens with zero attached hydrogens (tertiary/aromatic N) is 1. The van der Waals surface area contributed by atoms with Crippen LogP contribution in [0.2, 0.25) is 0 Å². The van der Waals surface area contributed by atoms with Gasteiger partial charge in [0.25, 0.3) is 5.91 Å². The molecule has 1 unspecified atom stereocenters. The Labute approximate surface area is 157 Å². The van der Waals surface area contributed by atoms with Crippen molar-refractivity contribution in [3.63, 3.8) is 0 Å². The third kappa shape index (κ3) is 4.53. The molecule has 1 fully saturated rings. The number of hydrogen-bond acceptors (Lipinski definition) is 6. The molecule has 6 nitrogen and oxygen atoms in total. The zero-order valence-electron chi connectivity index (χ0n) is 15.2. The van der Waals surface area contributed by atoms with Crippen LogP contribution in [0.15, 0.2) is 23.6 Å². The standard InChI is InChI=1S/C19H25N3O3S/c1-24-15-5-6-17(25-2)13(10-15)7-9-21-18(23)16-12-26-19(22-16)14-4-3-8-20-11-14/h5-6,10,12,14,20H,3-4,7-9,11H2,1-2H3,(H,21,23). The van der Waals surface area contributed by atoms with Gasteiger partial charge in [-0.3, -0.25) is 4.79 Å². The van der Waals surface area contributed by atoms with Gasteiger partial charge in [0.2, 0.25) is 0 Å². The molecule has 0 spiro atoms. The number of benzene rings is 1. The maximum absolute atomic E-state index is 12.4. The van der Waals surface area contributed by atoms with Gasteiger partial charge in [0.05, 0.1) is 19.2 Å². The lowest BCUT2D eigenvalue weighted by Crippen LogP contribution is -2.29. The quantitative estimate of drug-likeness (QED) is 0.778. The SMILES string of the molecule is COc1ccc(OC)c(CCNC(=O)c2csc(C3CCCNC3)n2)c1. The van der Waals surface area contributed by atoms with E-state index in [1.807, 2.05) is 23.6 Å². The molecule has 0 bridgehead atoms. The lowest BCUT2D eigenvalue weighted by Gasteiger charge is -2.20. The number of amides is 1. The van der Waals surface area contributed by atoms with E-state index < -0.39 is 0 Å². The number of rotatable bonds is 7. The summed E-state index contributed by atoms with van der Waals surface area (Å²) in [6.45, 7) is 2.54. The lowest BCUT2D eigenvalue weighted by molar-refractivity contribution is 0.0949. The number of ether oxygens (including phenoxy) is 2. The van der Waals surface area contributed by atoms with Crippen LogP contribution in [0.3, 0.4) is 0 Å². The van der Waals surface area contributed by atoms with Crippen molar-refractivity contribution in [2.75, 3.05) is 33.9 Å². The van der Waals surface area contributed by atoms with Crippen molar-refractivity contribution in [3.8, 4) is 11.5 Å². The third-order valence-corrected chi connectivity index (χ3v) is 5.58. The Morgan fingerprint density at radius 1 is 1.38 bits per heavy atom. The van der Waals surface area contributed by atoms with Crippen molar-refractivity contribution >= 4 is 17.2 Å². The number of nitrogens with one attached hydrogen (secondary N) is 2. The van der Waals surface area contributed by atoms with E-state index in [1.54, 1.807) is 25.6 Å². The van der Waals surface area contributed by atoms with Gasteiger partial charge in [-0.25, -0.2) is 4.98 Å². The second-order valence-corrected chi connectivity index (χ2v) is 7.19. The van der Waals surface area contributed by atoms with E-state index >= 15 is 0 Å². The summed E-state index contributed by atoms with van der Waals surface area (Å²) in [4.78, 5) is 16.9. The van der Waals surface area contributed by atoms with Crippen LogP contribution in [0.4, 0.5) is 0 Å². The average molecular weight is 375 g/mol. The molecule has 1 atom stereocenters. The highest BCUT2D eigenvalue weighted by Crippen LogP contribution is 2.26. The van der Waals surface area contributed by atoms with E-state index in [9.17, 15) is 4.79 Å². The van der Waals surface area contributed by atoms with E-state index in [0.717, 1.165) is 48.0 Å². The summed E-state index contributed by atoms with van der Waals surface area (Å²) in [5.74, 6) is 1.87. The molecule has 2 heterocycles. The largest absolute Gasteiger partial charge is 0.497 e. The van der Waals surface area contributed by atoms with E-state index in [0.29, 0.717) is 24.6 Å². The second-order valence-electron chi connectivity index (χ2n) is 6.30. The van der Waals surface area contributed by atoms with Crippen LogP contribution in [-0.2, 0) is 6.42 Å². The fourth-order valence-electron chi connectivity index (χ4n) is 3.12. The van der Waals surface area contributed by atoms with Gasteiger partial charge in [-0.15, -0.1) is 11.3 Å². The second kappa shape index (κ2) is 9.00. The molecule has 1 aromatic heterocycles. The van der Waals surface area contributed by atoms with Gasteiger partial charge in [0.15, 0.2) is 0 Å². The molecule has 2 aromatic rings. The van der Waals surface area contributed by atoms with Gasteiger partial charge in [0, 0.05) is 24.4 Å². The van der Waals surface area contributed by atoms with Gasteiger partial charge in [-0.05, 0) is 49.6 Å². The maximum atomic E-state index is 12.4. The summed E-state index contributed by atoms with van der Waals surface area (Å²) in [5.41, 5.74) is 1.51. The van der Waals surface area contributed by atoms with Crippen LogP contribution >= 0.6 is 11.3 Å². The lowest BCUT2D eigenvalue weighted by atomic mass is 10.0. The summed E-state index contributed by atoms with van der Waals surface area (Å²) in [7, 11) is 3.27. The van der Waals surface area contributed by atoms with Gasteiger partial charge < -0.3 is 20.1 Å². The van der Waals surface area contributed by atoms with Crippen molar-refractivity contribution in [2.45, 2.75) is 25.2 Å². The molecule has 1 saturated heterocycles. The summed E-state index contributed by atoms with van der Waals surface area (Å²) in [6.07, 6.45) is 2.96. The van der Waals surface area contributed by atoms with Crippen LogP contribution in [0.25, 0.3) is 0 Å². The predicted molar refractivity (Wildman–Crippen MR) is 103 cm³/mol. The van der Waals surface area contributed by atoms with Crippen LogP contribution in [0.1, 0.15) is 39.8 Å². The Bertz CT molecular complexity index is 741. The molecule has 1 aliphatic heterocycles. The van der Waals surface area contributed by atoms with Gasteiger partial charge in [-0.1, -0.05) is 0 Å². The molecule has 1 aromatic carbocycles. The highest BCUT2D eigenvalue weighted by Gasteiger charge is 2.20. The molecule has 3 rings (SSSR count). The van der Waals surface area contributed by atoms with E-state index in [2.05, 4.69) is 15.6 Å². The van der Waals surface area contributed by atoms with Crippen molar-refractivity contribution in [1.29, 1.82) is 0 Å². The Hall–Kier alpha value is -2.12. The third-order valence-electron chi connectivity index (χ3n) is 4.57. The molecular formula is C19H25N3O3S. The van der Waals surface area contributed by atoms with E-state index in [1.165, 1.54) is 0 Å². The number of piperidine rings is 1. The summed E-state index contributed by atoms with van der Waals surface area (Å²) >= 11 is 1.58.